The fraction of sp³-hybridized carbons (Fsp3) is 0.167. The summed E-state index contributed by atoms with van der Waals surface area (Å²) in [6.07, 6.45) is 0. The first-order chi connectivity index (χ1) is 12.2. The molecule has 0 radical (unpaired) electrons. The predicted octanol–water partition coefficient (Wildman–Crippen LogP) is 4.13. The molecule has 0 unspecified atom stereocenters. The van der Waals surface area contributed by atoms with Gasteiger partial charge < -0.3 is 10.1 Å². The van der Waals surface area contributed by atoms with Gasteiger partial charge in [-0.1, -0.05) is 53.4 Å². The molecule has 0 saturated heterocycles. The monoisotopic (exact) mass is 371 g/mol. The Kier molecular flexibility index (Phi) is 6.03. The largest absolute Gasteiger partial charge is 0.497 e. The van der Waals surface area contributed by atoms with Crippen molar-refractivity contribution in [2.24, 2.45) is 0 Å². The van der Waals surface area contributed by atoms with E-state index in [9.17, 15) is 4.79 Å². The Hall–Kier alpha value is -2.38. The first-order valence-corrected chi connectivity index (χ1v) is 9.46. The Labute approximate surface area is 154 Å². The lowest BCUT2D eigenvalue weighted by atomic mass is 10.1. The average molecular weight is 371 g/mol. The van der Waals surface area contributed by atoms with Crippen molar-refractivity contribution in [2.45, 2.75) is 10.1 Å². The summed E-state index contributed by atoms with van der Waals surface area (Å²) in [5, 5.41) is 11.9. The third-order valence-electron chi connectivity index (χ3n) is 3.42. The van der Waals surface area contributed by atoms with Crippen LogP contribution in [-0.4, -0.2) is 29.6 Å². The van der Waals surface area contributed by atoms with Crippen LogP contribution in [0.2, 0.25) is 0 Å². The van der Waals surface area contributed by atoms with Crippen LogP contribution in [0.1, 0.15) is 15.9 Å². The van der Waals surface area contributed by atoms with E-state index in [1.54, 1.807) is 43.1 Å². The molecule has 0 amide bonds. The van der Waals surface area contributed by atoms with Gasteiger partial charge in [-0.15, -0.1) is 10.2 Å². The number of hydrogen-bond donors (Lipinski definition) is 1. The van der Waals surface area contributed by atoms with Gasteiger partial charge >= 0.3 is 0 Å². The smallest absolute Gasteiger partial charge is 0.206 e. The summed E-state index contributed by atoms with van der Waals surface area (Å²) >= 11 is 3.09. The van der Waals surface area contributed by atoms with Crippen molar-refractivity contribution >= 4 is 34.0 Å². The highest BCUT2D eigenvalue weighted by atomic mass is 32.2. The van der Waals surface area contributed by atoms with Gasteiger partial charge in [0.2, 0.25) is 5.13 Å². The van der Waals surface area contributed by atoms with Crippen LogP contribution in [0.15, 0.2) is 58.9 Å². The molecule has 3 rings (SSSR count). The number of benzene rings is 2. The topological polar surface area (TPSA) is 64.1 Å². The van der Waals surface area contributed by atoms with E-state index in [-0.39, 0.29) is 12.3 Å². The number of ether oxygens (including phenoxy) is 1. The van der Waals surface area contributed by atoms with Gasteiger partial charge in [0.05, 0.1) is 13.7 Å². The highest BCUT2D eigenvalue weighted by Gasteiger charge is 2.09. The Morgan fingerprint density at radius 2 is 1.88 bits per heavy atom. The lowest BCUT2D eigenvalue weighted by molar-refractivity contribution is 0.101. The second-order valence-electron chi connectivity index (χ2n) is 5.15. The number of aromatic nitrogens is 2. The number of ketones is 1. The van der Waals surface area contributed by atoms with Crippen molar-refractivity contribution in [1.29, 1.82) is 0 Å². The van der Waals surface area contributed by atoms with E-state index in [1.165, 1.54) is 16.9 Å². The summed E-state index contributed by atoms with van der Waals surface area (Å²) < 4.78 is 5.97. The summed E-state index contributed by atoms with van der Waals surface area (Å²) in [5.74, 6) is 1.57. The first kappa shape index (κ1) is 17.4. The van der Waals surface area contributed by atoms with Gasteiger partial charge in [0.25, 0.3) is 0 Å². The predicted molar refractivity (Wildman–Crippen MR) is 102 cm³/mol. The highest BCUT2D eigenvalue weighted by molar-refractivity contribution is 8.00. The van der Waals surface area contributed by atoms with Crippen molar-refractivity contribution in [2.75, 3.05) is 19.0 Å². The van der Waals surface area contributed by atoms with Crippen molar-refractivity contribution < 1.29 is 9.53 Å². The van der Waals surface area contributed by atoms with Crippen molar-refractivity contribution in [3.8, 4) is 5.75 Å². The molecule has 0 bridgehead atoms. The molecule has 0 aliphatic rings. The Morgan fingerprint density at radius 3 is 2.60 bits per heavy atom. The van der Waals surface area contributed by atoms with Crippen molar-refractivity contribution in [1.82, 2.24) is 10.2 Å². The van der Waals surface area contributed by atoms with Crippen LogP contribution in [0.5, 0.6) is 5.75 Å². The van der Waals surface area contributed by atoms with Crippen LogP contribution >= 0.6 is 23.1 Å². The van der Waals surface area contributed by atoms with Crippen LogP contribution in [0.3, 0.4) is 0 Å². The van der Waals surface area contributed by atoms with E-state index in [4.69, 9.17) is 4.74 Å². The lowest BCUT2D eigenvalue weighted by Crippen LogP contribution is -2.13. The van der Waals surface area contributed by atoms with Crippen LogP contribution in [0.4, 0.5) is 5.13 Å². The number of anilines is 1. The maximum atomic E-state index is 12.2. The number of carbonyl (C=O) groups excluding carboxylic acids is 1. The molecule has 25 heavy (non-hydrogen) atoms. The van der Waals surface area contributed by atoms with Crippen molar-refractivity contribution in [3.63, 3.8) is 0 Å². The molecule has 0 aliphatic heterocycles. The molecular weight excluding hydrogens is 354 g/mol. The summed E-state index contributed by atoms with van der Waals surface area (Å²) in [7, 11) is 1.60. The minimum Gasteiger partial charge on any atom is -0.497 e. The van der Waals surface area contributed by atoms with E-state index in [2.05, 4.69) is 27.6 Å². The van der Waals surface area contributed by atoms with Gasteiger partial charge in [-0.05, 0) is 29.8 Å². The van der Waals surface area contributed by atoms with Gasteiger partial charge in [0.1, 0.15) is 5.75 Å². The number of Topliss-reactive ketones (excluding diaryl/α,β-unsaturated/α-hetero) is 1. The molecular formula is C18H17N3O2S2. The molecule has 0 spiro atoms. The van der Waals surface area contributed by atoms with E-state index in [0.29, 0.717) is 10.7 Å². The number of thioether (sulfide) groups is 1. The Morgan fingerprint density at radius 1 is 1.12 bits per heavy atom. The summed E-state index contributed by atoms with van der Waals surface area (Å²) in [4.78, 5) is 12.2. The molecule has 0 aliphatic carbocycles. The number of hydrogen-bond acceptors (Lipinski definition) is 7. The molecule has 0 saturated carbocycles. The van der Waals surface area contributed by atoms with Crippen LogP contribution in [-0.2, 0) is 5.75 Å². The summed E-state index contributed by atoms with van der Waals surface area (Å²) in [6.45, 7) is 0.185. The van der Waals surface area contributed by atoms with Gasteiger partial charge in [0.15, 0.2) is 10.1 Å². The Bertz CT molecular complexity index is 820. The third kappa shape index (κ3) is 5.04. The molecule has 1 N–H and O–H groups in total. The van der Waals surface area contributed by atoms with E-state index in [0.717, 1.165) is 15.8 Å². The van der Waals surface area contributed by atoms with Gasteiger partial charge in [-0.3, -0.25) is 4.79 Å². The molecule has 1 heterocycles. The zero-order chi connectivity index (χ0) is 17.5. The number of carbonyl (C=O) groups is 1. The molecule has 3 aromatic rings. The average Bonchev–Trinajstić information content (AvgIpc) is 3.13. The standard InChI is InChI=1S/C18H17N3O2S2/c1-23-15-9-7-14(8-10-15)16(22)11-19-17-20-21-18(25-17)24-12-13-5-3-2-4-6-13/h2-10H,11-12H2,1H3,(H,19,20). The fourth-order valence-corrected chi connectivity index (χ4v) is 3.80. The minimum absolute atomic E-state index is 0.00339. The molecule has 1 aromatic heterocycles. The minimum atomic E-state index is -0.00339. The van der Waals surface area contributed by atoms with Crippen molar-refractivity contribution in [3.05, 3.63) is 65.7 Å². The van der Waals surface area contributed by atoms with Gasteiger partial charge in [-0.25, -0.2) is 0 Å². The van der Waals surface area contributed by atoms with Crippen LogP contribution < -0.4 is 10.1 Å². The maximum Gasteiger partial charge on any atom is 0.206 e. The molecule has 2 aromatic carbocycles. The second kappa shape index (κ2) is 8.64. The van der Waals surface area contributed by atoms with Gasteiger partial charge in [0, 0.05) is 11.3 Å². The molecule has 7 heteroatoms. The number of nitrogens with zero attached hydrogens (tertiary/aromatic N) is 2. The molecule has 128 valence electrons. The maximum absolute atomic E-state index is 12.2. The SMILES string of the molecule is COc1ccc(C(=O)CNc2nnc(SCc3ccccc3)s2)cc1. The van der Waals surface area contributed by atoms with Crippen LogP contribution in [0, 0.1) is 0 Å². The number of rotatable bonds is 8. The quantitative estimate of drug-likeness (QED) is 0.474. The summed E-state index contributed by atoms with van der Waals surface area (Å²) in [5.41, 5.74) is 1.88. The van der Waals surface area contributed by atoms with E-state index in [1.807, 2.05) is 18.2 Å². The van der Waals surface area contributed by atoms with E-state index < -0.39 is 0 Å². The number of methoxy groups -OCH3 is 1. The highest BCUT2D eigenvalue weighted by Crippen LogP contribution is 2.28. The first-order valence-electron chi connectivity index (χ1n) is 7.66. The van der Waals surface area contributed by atoms with Crippen LogP contribution in [0.25, 0.3) is 0 Å². The zero-order valence-corrected chi connectivity index (χ0v) is 15.3. The molecule has 0 atom stereocenters. The molecule has 0 fully saturated rings. The van der Waals surface area contributed by atoms with Gasteiger partial charge in [-0.2, -0.15) is 0 Å². The third-order valence-corrected chi connectivity index (χ3v) is 5.51. The Balaban J connectivity index is 1.50. The number of nitrogens with one attached hydrogen (secondary N) is 1. The zero-order valence-electron chi connectivity index (χ0n) is 13.6. The summed E-state index contributed by atoms with van der Waals surface area (Å²) in [6, 6.07) is 17.3. The van der Waals surface area contributed by atoms with E-state index >= 15 is 0 Å². The fourth-order valence-electron chi connectivity index (χ4n) is 2.09. The molecule has 5 nitrogen and oxygen atoms in total. The second-order valence-corrected chi connectivity index (χ2v) is 7.35. The lowest BCUT2D eigenvalue weighted by Gasteiger charge is -2.03. The normalized spacial score (nSPS) is 10.4.